The van der Waals surface area contributed by atoms with E-state index in [4.69, 9.17) is 5.73 Å². The fraction of sp³-hybridized carbons (Fsp3) is 0.438. The summed E-state index contributed by atoms with van der Waals surface area (Å²) in [7, 11) is 0. The number of nitrogens with two attached hydrogens (primary N) is 1. The number of nitrogens with zero attached hydrogens (tertiary/aromatic N) is 3. The number of amides is 1. The van der Waals surface area contributed by atoms with E-state index in [0.29, 0.717) is 18.7 Å². The first-order valence-corrected chi connectivity index (χ1v) is 7.61. The molecule has 0 aliphatic carbocycles. The second-order valence-corrected chi connectivity index (χ2v) is 5.79. The van der Waals surface area contributed by atoms with E-state index in [2.05, 4.69) is 4.98 Å². The number of hydrogen-bond acceptors (Lipinski definition) is 4. The lowest BCUT2D eigenvalue weighted by atomic mass is 10.0. The maximum absolute atomic E-state index is 12.7. The summed E-state index contributed by atoms with van der Waals surface area (Å²) in [5, 5.41) is 0. The first-order valence-electron chi connectivity index (χ1n) is 7.61. The van der Waals surface area contributed by atoms with Crippen LogP contribution in [0.5, 0.6) is 0 Å². The molecule has 0 aromatic carbocycles. The quantitative estimate of drug-likeness (QED) is 0.898. The number of likely N-dealkylation sites (tertiary alicyclic amines) is 1. The summed E-state index contributed by atoms with van der Waals surface area (Å²) < 4.78 is 1.42. The number of carbonyl (C=O) groups is 1. The third-order valence-corrected chi connectivity index (χ3v) is 4.26. The Morgan fingerprint density at radius 3 is 2.96 bits per heavy atom. The highest BCUT2D eigenvalue weighted by atomic mass is 35.5. The molecule has 1 aliphatic rings. The lowest BCUT2D eigenvalue weighted by Crippen LogP contribution is -2.48. The van der Waals surface area contributed by atoms with Crippen molar-refractivity contribution in [1.29, 1.82) is 0 Å². The Bertz CT molecular complexity index is 774. The molecule has 23 heavy (non-hydrogen) atoms. The molecule has 6 nitrogen and oxygen atoms in total. The van der Waals surface area contributed by atoms with Gasteiger partial charge in [-0.05, 0) is 43.9 Å². The van der Waals surface area contributed by atoms with Gasteiger partial charge in [0.2, 0.25) is 0 Å². The highest BCUT2D eigenvalue weighted by Gasteiger charge is 2.28. The van der Waals surface area contributed by atoms with E-state index in [9.17, 15) is 9.59 Å². The number of hydrogen-bond donors (Lipinski definition) is 1. The van der Waals surface area contributed by atoms with Crippen molar-refractivity contribution in [2.75, 3.05) is 13.1 Å². The molecule has 3 rings (SSSR count). The normalized spacial score (nSPS) is 17.8. The number of aryl methyl sites for hydroxylation is 1. The minimum Gasteiger partial charge on any atom is -0.334 e. The average molecular weight is 337 g/mol. The van der Waals surface area contributed by atoms with Crippen molar-refractivity contribution in [1.82, 2.24) is 14.3 Å². The smallest absolute Gasteiger partial charge is 0.270 e. The number of rotatable bonds is 2. The van der Waals surface area contributed by atoms with E-state index in [0.717, 1.165) is 24.8 Å². The topological polar surface area (TPSA) is 80.7 Å². The molecule has 1 amide bonds. The first-order chi connectivity index (χ1) is 10.6. The molecular weight excluding hydrogens is 316 g/mol. The Labute approximate surface area is 140 Å². The fourth-order valence-electron chi connectivity index (χ4n) is 2.99. The summed E-state index contributed by atoms with van der Waals surface area (Å²) >= 11 is 0. The average Bonchev–Trinajstić information content (AvgIpc) is 2.54. The van der Waals surface area contributed by atoms with Gasteiger partial charge in [-0.15, -0.1) is 12.4 Å². The summed E-state index contributed by atoms with van der Waals surface area (Å²) in [6.45, 7) is 3.01. The second kappa shape index (κ2) is 7.10. The van der Waals surface area contributed by atoms with Crippen LogP contribution in [0.1, 0.15) is 35.2 Å². The molecule has 2 N–H and O–H groups in total. The van der Waals surface area contributed by atoms with Gasteiger partial charge >= 0.3 is 0 Å². The van der Waals surface area contributed by atoms with Crippen molar-refractivity contribution in [3.8, 4) is 0 Å². The largest absolute Gasteiger partial charge is 0.334 e. The van der Waals surface area contributed by atoms with Crippen molar-refractivity contribution in [3.63, 3.8) is 0 Å². The standard InChI is InChI=1S/C16H20N4O2.ClH/c1-11-5-7-20-14(8-11)18-10-13(16(20)22)15(21)19-6-3-2-4-12(19)9-17;/h5,7-8,10,12H,2-4,6,9,17H2,1H3;1H. The summed E-state index contributed by atoms with van der Waals surface area (Å²) in [5.74, 6) is -0.261. The summed E-state index contributed by atoms with van der Waals surface area (Å²) in [4.78, 5) is 31.3. The third-order valence-electron chi connectivity index (χ3n) is 4.26. The van der Waals surface area contributed by atoms with Gasteiger partial charge in [-0.2, -0.15) is 0 Å². The number of piperidine rings is 1. The lowest BCUT2D eigenvalue weighted by molar-refractivity contribution is 0.0621. The van der Waals surface area contributed by atoms with E-state index < -0.39 is 0 Å². The number of carbonyl (C=O) groups excluding carboxylic acids is 1. The van der Waals surface area contributed by atoms with Gasteiger partial charge in [-0.3, -0.25) is 14.0 Å². The molecule has 7 heteroatoms. The number of pyridine rings is 1. The Hall–Kier alpha value is -1.92. The summed E-state index contributed by atoms with van der Waals surface area (Å²) in [6, 6.07) is 3.66. The predicted octanol–water partition coefficient (Wildman–Crippen LogP) is 1.38. The van der Waals surface area contributed by atoms with E-state index in [1.807, 2.05) is 19.1 Å². The summed E-state index contributed by atoms with van der Waals surface area (Å²) in [6.07, 6.45) is 5.96. The highest BCUT2D eigenvalue weighted by Crippen LogP contribution is 2.18. The van der Waals surface area contributed by atoms with Gasteiger partial charge in [0.15, 0.2) is 0 Å². The van der Waals surface area contributed by atoms with Crippen LogP contribution in [0.3, 0.4) is 0 Å². The Morgan fingerprint density at radius 2 is 2.22 bits per heavy atom. The van der Waals surface area contributed by atoms with Crippen LogP contribution in [0.25, 0.3) is 5.65 Å². The van der Waals surface area contributed by atoms with Gasteiger partial charge in [0.1, 0.15) is 11.2 Å². The zero-order chi connectivity index (χ0) is 15.7. The van der Waals surface area contributed by atoms with E-state index in [1.165, 1.54) is 10.6 Å². The minimum atomic E-state index is -0.323. The van der Waals surface area contributed by atoms with Crippen molar-refractivity contribution in [3.05, 3.63) is 46.0 Å². The van der Waals surface area contributed by atoms with Crippen molar-refractivity contribution in [2.24, 2.45) is 5.73 Å². The highest BCUT2D eigenvalue weighted by molar-refractivity contribution is 5.94. The molecular formula is C16H21ClN4O2. The molecule has 0 spiro atoms. The third kappa shape index (κ3) is 3.23. The molecule has 1 fully saturated rings. The molecule has 2 aromatic rings. The van der Waals surface area contributed by atoms with Crippen LogP contribution in [-0.4, -0.2) is 39.3 Å². The van der Waals surface area contributed by atoms with Gasteiger partial charge in [-0.1, -0.05) is 0 Å². The Kier molecular flexibility index (Phi) is 5.38. The van der Waals surface area contributed by atoms with Crippen LogP contribution < -0.4 is 11.3 Å². The minimum absolute atomic E-state index is 0. The predicted molar refractivity (Wildman–Crippen MR) is 91.2 cm³/mol. The molecule has 3 heterocycles. The number of aromatic nitrogens is 2. The van der Waals surface area contributed by atoms with Crippen molar-refractivity contribution in [2.45, 2.75) is 32.2 Å². The molecule has 2 aromatic heterocycles. The van der Waals surface area contributed by atoms with Crippen molar-refractivity contribution < 1.29 is 4.79 Å². The Morgan fingerprint density at radius 1 is 1.43 bits per heavy atom. The molecule has 1 aliphatic heterocycles. The molecule has 1 unspecified atom stereocenters. The maximum Gasteiger partial charge on any atom is 0.270 e. The van der Waals surface area contributed by atoms with Gasteiger partial charge in [0.25, 0.3) is 11.5 Å². The van der Waals surface area contributed by atoms with E-state index >= 15 is 0 Å². The van der Waals surface area contributed by atoms with Crippen LogP contribution in [0, 0.1) is 6.92 Å². The number of halogens is 1. The maximum atomic E-state index is 12.7. The van der Waals surface area contributed by atoms with Gasteiger partial charge < -0.3 is 10.6 Å². The van der Waals surface area contributed by atoms with Crippen LogP contribution in [0.4, 0.5) is 0 Å². The SMILES string of the molecule is Cc1ccn2c(=O)c(C(=O)N3CCCCC3CN)cnc2c1.Cl. The van der Waals surface area contributed by atoms with Gasteiger partial charge in [0.05, 0.1) is 0 Å². The molecule has 1 atom stereocenters. The summed E-state index contributed by atoms with van der Waals surface area (Å²) in [5.41, 5.74) is 7.12. The number of fused-ring (bicyclic) bond motifs is 1. The van der Waals surface area contributed by atoms with E-state index in [-0.39, 0.29) is 35.5 Å². The monoisotopic (exact) mass is 336 g/mol. The van der Waals surface area contributed by atoms with Gasteiger partial charge in [-0.25, -0.2) is 4.98 Å². The van der Waals surface area contributed by atoms with Crippen LogP contribution in [-0.2, 0) is 0 Å². The van der Waals surface area contributed by atoms with Crippen LogP contribution >= 0.6 is 12.4 Å². The molecule has 0 saturated carbocycles. The van der Waals surface area contributed by atoms with Gasteiger partial charge in [0, 0.05) is 31.5 Å². The molecule has 124 valence electrons. The molecule has 1 saturated heterocycles. The zero-order valence-electron chi connectivity index (χ0n) is 13.1. The second-order valence-electron chi connectivity index (χ2n) is 5.79. The van der Waals surface area contributed by atoms with E-state index in [1.54, 1.807) is 11.1 Å². The zero-order valence-corrected chi connectivity index (χ0v) is 13.9. The van der Waals surface area contributed by atoms with Crippen LogP contribution in [0.2, 0.25) is 0 Å². The lowest BCUT2D eigenvalue weighted by Gasteiger charge is -2.34. The molecule has 0 radical (unpaired) electrons. The first kappa shape index (κ1) is 17.4. The Balaban J connectivity index is 0.00000192. The fourth-order valence-corrected chi connectivity index (χ4v) is 2.99. The van der Waals surface area contributed by atoms with Crippen LogP contribution in [0.15, 0.2) is 29.3 Å². The molecule has 0 bridgehead atoms. The van der Waals surface area contributed by atoms with Crippen molar-refractivity contribution >= 4 is 24.0 Å².